The lowest BCUT2D eigenvalue weighted by atomic mass is 10.2. The van der Waals surface area contributed by atoms with Crippen molar-refractivity contribution in [3.63, 3.8) is 0 Å². The highest BCUT2D eigenvalue weighted by Crippen LogP contribution is 2.19. The Balaban J connectivity index is 0.00000220. The van der Waals surface area contributed by atoms with Crippen LogP contribution in [0, 0.1) is 6.92 Å². The van der Waals surface area contributed by atoms with Crippen molar-refractivity contribution in [2.24, 2.45) is 5.73 Å². The van der Waals surface area contributed by atoms with E-state index in [4.69, 9.17) is 10.5 Å². The molecule has 0 atom stereocenters. The van der Waals surface area contributed by atoms with Gasteiger partial charge in [-0.1, -0.05) is 0 Å². The molecule has 2 aromatic rings. The summed E-state index contributed by atoms with van der Waals surface area (Å²) in [5.74, 6) is -0.347. The van der Waals surface area contributed by atoms with Gasteiger partial charge in [-0.2, -0.15) is 0 Å². The Kier molecular flexibility index (Phi) is 7.88. The zero-order valence-electron chi connectivity index (χ0n) is 11.8. The van der Waals surface area contributed by atoms with Gasteiger partial charge in [-0.15, -0.1) is 35.1 Å². The molecule has 0 amide bonds. The average Bonchev–Trinajstić information content (AvgIpc) is 3.05. The molecular weight excluding hydrogens is 328 g/mol. The summed E-state index contributed by atoms with van der Waals surface area (Å²) in [6, 6.07) is 4.24. The van der Waals surface area contributed by atoms with Crippen molar-refractivity contribution in [3.8, 4) is 0 Å². The Hall–Kier alpha value is -0.950. The highest BCUT2D eigenvalue weighted by molar-refractivity contribution is 7.12. The van der Waals surface area contributed by atoms with Crippen molar-refractivity contribution in [2.75, 3.05) is 13.2 Å². The molecule has 2 aromatic heterocycles. The van der Waals surface area contributed by atoms with Crippen LogP contribution < -0.4 is 5.73 Å². The Bertz CT molecular complexity index is 569. The summed E-state index contributed by atoms with van der Waals surface area (Å²) in [5, 5.41) is 3.24. The van der Waals surface area contributed by atoms with Gasteiger partial charge in [0.05, 0.1) is 23.9 Å². The van der Waals surface area contributed by atoms with Crippen LogP contribution in [-0.2, 0) is 28.8 Å². The number of esters is 1. The number of halogens is 1. The van der Waals surface area contributed by atoms with E-state index in [1.807, 2.05) is 6.92 Å². The number of thiophene rings is 1. The fourth-order valence-corrected chi connectivity index (χ4v) is 3.44. The van der Waals surface area contributed by atoms with Crippen LogP contribution in [0.15, 0.2) is 17.5 Å². The van der Waals surface area contributed by atoms with Crippen LogP contribution in [-0.4, -0.2) is 24.1 Å². The Morgan fingerprint density at radius 3 is 2.62 bits per heavy atom. The molecule has 7 heteroatoms. The number of hydrogen-bond acceptors (Lipinski definition) is 6. The minimum absolute atomic E-state index is 0. The van der Waals surface area contributed by atoms with Gasteiger partial charge in [-0.3, -0.25) is 4.79 Å². The second-order valence-corrected chi connectivity index (χ2v) is 6.72. The normalized spacial score (nSPS) is 10.2. The summed E-state index contributed by atoms with van der Waals surface area (Å²) in [5.41, 5.74) is 6.34. The Morgan fingerprint density at radius 1 is 1.29 bits per heavy atom. The van der Waals surface area contributed by atoms with E-state index in [0.717, 1.165) is 24.3 Å². The van der Waals surface area contributed by atoms with E-state index >= 15 is 0 Å². The van der Waals surface area contributed by atoms with Crippen LogP contribution in [0.2, 0.25) is 0 Å². The van der Waals surface area contributed by atoms with E-state index in [1.54, 1.807) is 22.7 Å². The number of carbonyl (C=O) groups is 1. The predicted octanol–water partition coefficient (Wildman–Crippen LogP) is 2.76. The van der Waals surface area contributed by atoms with E-state index in [2.05, 4.69) is 22.5 Å². The lowest BCUT2D eigenvalue weighted by Gasteiger charge is -2.00. The summed E-state index contributed by atoms with van der Waals surface area (Å²) in [6.45, 7) is 2.38. The third-order valence-electron chi connectivity index (χ3n) is 2.79. The van der Waals surface area contributed by atoms with Gasteiger partial charge >= 0.3 is 5.97 Å². The number of ether oxygens (including phenoxy) is 1. The Labute approximate surface area is 138 Å². The van der Waals surface area contributed by atoms with E-state index in [1.165, 1.54) is 15.4 Å². The molecule has 116 valence electrons. The molecule has 0 bridgehead atoms. The SMILES string of the molecule is Cc1nc(CCc2ccc(CCOC(=O)CN)s2)cs1.Cl. The van der Waals surface area contributed by atoms with E-state index in [0.29, 0.717) is 6.61 Å². The van der Waals surface area contributed by atoms with Gasteiger partial charge in [0.15, 0.2) is 0 Å². The summed E-state index contributed by atoms with van der Waals surface area (Å²) < 4.78 is 4.97. The second kappa shape index (κ2) is 9.15. The topological polar surface area (TPSA) is 65.2 Å². The minimum Gasteiger partial charge on any atom is -0.464 e. The number of aryl methyl sites for hydroxylation is 3. The van der Waals surface area contributed by atoms with Crippen LogP contribution in [0.25, 0.3) is 0 Å². The summed E-state index contributed by atoms with van der Waals surface area (Å²) >= 11 is 3.47. The fraction of sp³-hybridized carbons (Fsp3) is 0.429. The third-order valence-corrected chi connectivity index (χ3v) is 4.82. The van der Waals surface area contributed by atoms with Crippen LogP contribution in [0.5, 0.6) is 0 Å². The molecule has 0 saturated carbocycles. The van der Waals surface area contributed by atoms with Gasteiger partial charge in [0.2, 0.25) is 0 Å². The maximum atomic E-state index is 10.9. The first-order chi connectivity index (χ1) is 9.67. The number of nitrogens with zero attached hydrogens (tertiary/aromatic N) is 1. The maximum Gasteiger partial charge on any atom is 0.319 e. The highest BCUT2D eigenvalue weighted by atomic mass is 35.5. The van der Waals surface area contributed by atoms with Crippen LogP contribution in [0.3, 0.4) is 0 Å². The lowest BCUT2D eigenvalue weighted by Crippen LogP contribution is -2.17. The standard InChI is InChI=1S/C14H18N2O2S2.ClH/c1-10-16-11(9-19-10)2-3-12-4-5-13(20-12)6-7-18-14(17)8-15;/h4-5,9H,2-3,6-8,15H2,1H3;1H. The third kappa shape index (κ3) is 6.13. The van der Waals surface area contributed by atoms with Crippen LogP contribution >= 0.6 is 35.1 Å². The van der Waals surface area contributed by atoms with Gasteiger partial charge in [0.1, 0.15) is 0 Å². The molecule has 2 N–H and O–H groups in total. The summed E-state index contributed by atoms with van der Waals surface area (Å²) in [6.07, 6.45) is 2.75. The minimum atomic E-state index is -0.347. The van der Waals surface area contributed by atoms with Gasteiger partial charge in [-0.05, 0) is 31.9 Å². The highest BCUT2D eigenvalue weighted by Gasteiger charge is 2.04. The molecule has 0 unspecified atom stereocenters. The van der Waals surface area contributed by atoms with Crippen LogP contribution in [0.1, 0.15) is 20.5 Å². The molecule has 0 aliphatic carbocycles. The average molecular weight is 347 g/mol. The molecule has 0 saturated heterocycles. The molecule has 0 aliphatic heterocycles. The number of nitrogens with two attached hydrogens (primary N) is 1. The van der Waals surface area contributed by atoms with Gasteiger partial charge in [0, 0.05) is 21.6 Å². The first kappa shape index (κ1) is 18.1. The molecule has 2 rings (SSSR count). The largest absolute Gasteiger partial charge is 0.464 e. The zero-order valence-corrected chi connectivity index (χ0v) is 14.3. The molecule has 0 radical (unpaired) electrons. The van der Waals surface area contributed by atoms with Crippen LogP contribution in [0.4, 0.5) is 0 Å². The smallest absolute Gasteiger partial charge is 0.319 e. The summed E-state index contributed by atoms with van der Waals surface area (Å²) in [4.78, 5) is 18.0. The molecule has 2 heterocycles. The molecule has 4 nitrogen and oxygen atoms in total. The van der Waals surface area contributed by atoms with Gasteiger partial charge in [-0.25, -0.2) is 4.98 Å². The van der Waals surface area contributed by atoms with Crippen molar-refractivity contribution in [1.82, 2.24) is 4.98 Å². The number of rotatable bonds is 7. The fourth-order valence-electron chi connectivity index (χ4n) is 1.79. The molecule has 21 heavy (non-hydrogen) atoms. The molecule has 0 spiro atoms. The van der Waals surface area contributed by atoms with Crippen molar-refractivity contribution >= 4 is 41.0 Å². The number of carbonyl (C=O) groups excluding carboxylic acids is 1. The molecular formula is C14H19ClN2O2S2. The van der Waals surface area contributed by atoms with E-state index in [-0.39, 0.29) is 24.9 Å². The number of aromatic nitrogens is 1. The van der Waals surface area contributed by atoms with E-state index < -0.39 is 0 Å². The Morgan fingerprint density at radius 2 is 2.00 bits per heavy atom. The second-order valence-electron chi connectivity index (χ2n) is 4.40. The molecule has 0 aromatic carbocycles. The first-order valence-corrected chi connectivity index (χ1v) is 8.21. The predicted molar refractivity (Wildman–Crippen MR) is 89.5 cm³/mol. The maximum absolute atomic E-state index is 10.9. The van der Waals surface area contributed by atoms with Crippen molar-refractivity contribution < 1.29 is 9.53 Å². The van der Waals surface area contributed by atoms with Gasteiger partial charge in [0.25, 0.3) is 0 Å². The molecule has 0 aliphatic rings. The summed E-state index contributed by atoms with van der Waals surface area (Å²) in [7, 11) is 0. The number of hydrogen-bond donors (Lipinski definition) is 1. The van der Waals surface area contributed by atoms with Gasteiger partial charge < -0.3 is 10.5 Å². The monoisotopic (exact) mass is 346 g/mol. The zero-order chi connectivity index (χ0) is 14.4. The van der Waals surface area contributed by atoms with E-state index in [9.17, 15) is 4.79 Å². The molecule has 0 fully saturated rings. The van der Waals surface area contributed by atoms with Crippen molar-refractivity contribution in [1.29, 1.82) is 0 Å². The van der Waals surface area contributed by atoms with Crippen molar-refractivity contribution in [3.05, 3.63) is 38.0 Å². The van der Waals surface area contributed by atoms with Crippen molar-refractivity contribution in [2.45, 2.75) is 26.2 Å². The lowest BCUT2D eigenvalue weighted by molar-refractivity contribution is -0.141. The quantitative estimate of drug-likeness (QED) is 0.783. The number of thiazole rings is 1. The first-order valence-electron chi connectivity index (χ1n) is 6.51.